The maximum atomic E-state index is 12.3. The summed E-state index contributed by atoms with van der Waals surface area (Å²) >= 11 is 0. The first kappa shape index (κ1) is 23.5. The van der Waals surface area contributed by atoms with E-state index < -0.39 is 0 Å². The van der Waals surface area contributed by atoms with Crippen molar-refractivity contribution in [3.63, 3.8) is 0 Å². The van der Waals surface area contributed by atoms with Gasteiger partial charge in [-0.2, -0.15) is 4.98 Å². The first-order valence-electron chi connectivity index (χ1n) is 11.7. The molecule has 8 heteroatoms. The number of piperazine rings is 1. The first-order valence-corrected chi connectivity index (χ1v) is 11.7. The van der Waals surface area contributed by atoms with E-state index in [1.165, 1.54) is 5.69 Å². The van der Waals surface area contributed by atoms with Crippen molar-refractivity contribution in [2.45, 2.75) is 26.8 Å². The molecule has 178 valence electrons. The minimum atomic E-state index is -0.0968. The molecule has 0 radical (unpaired) electrons. The summed E-state index contributed by atoms with van der Waals surface area (Å²) in [4.78, 5) is 26.2. The molecule has 34 heavy (non-hydrogen) atoms. The fraction of sp³-hybridized carbons (Fsp3) is 0.346. The molecule has 2 aromatic carbocycles. The summed E-state index contributed by atoms with van der Waals surface area (Å²) in [7, 11) is 2.16. The van der Waals surface area contributed by atoms with Crippen molar-refractivity contribution >= 4 is 34.7 Å². The molecule has 8 nitrogen and oxygen atoms in total. The molecule has 0 unspecified atom stereocenters. The normalized spacial score (nSPS) is 14.2. The Morgan fingerprint density at radius 2 is 1.71 bits per heavy atom. The molecule has 1 aliphatic rings. The quantitative estimate of drug-likeness (QED) is 0.489. The number of aryl methyl sites for hydroxylation is 1. The van der Waals surface area contributed by atoms with Crippen molar-refractivity contribution in [1.29, 1.82) is 0 Å². The number of nitrogens with zero attached hydrogens (tertiary/aromatic N) is 4. The molecular weight excluding hydrogens is 426 g/mol. The highest BCUT2D eigenvalue weighted by Crippen LogP contribution is 2.24. The maximum absolute atomic E-state index is 12.3. The van der Waals surface area contributed by atoms with Crippen LogP contribution in [-0.2, 0) is 0 Å². The van der Waals surface area contributed by atoms with Gasteiger partial charge in [0.25, 0.3) is 5.91 Å². The molecule has 0 aliphatic carbocycles. The number of rotatable bonds is 7. The van der Waals surface area contributed by atoms with Gasteiger partial charge in [-0.05, 0) is 70.3 Å². The Morgan fingerprint density at radius 3 is 2.41 bits per heavy atom. The van der Waals surface area contributed by atoms with E-state index in [0.29, 0.717) is 17.3 Å². The predicted molar refractivity (Wildman–Crippen MR) is 139 cm³/mol. The van der Waals surface area contributed by atoms with Crippen molar-refractivity contribution in [1.82, 2.24) is 20.2 Å². The summed E-state index contributed by atoms with van der Waals surface area (Å²) in [5.74, 6) is 1.10. The topological polar surface area (TPSA) is 85.4 Å². The van der Waals surface area contributed by atoms with Gasteiger partial charge in [0.2, 0.25) is 5.95 Å². The van der Waals surface area contributed by atoms with Crippen LogP contribution in [0.15, 0.2) is 54.7 Å². The molecule has 3 aromatic rings. The lowest BCUT2D eigenvalue weighted by Crippen LogP contribution is -2.44. The zero-order chi connectivity index (χ0) is 24.1. The van der Waals surface area contributed by atoms with Gasteiger partial charge < -0.3 is 25.8 Å². The number of anilines is 5. The van der Waals surface area contributed by atoms with Crippen LogP contribution in [0.2, 0.25) is 0 Å². The van der Waals surface area contributed by atoms with E-state index in [0.717, 1.165) is 43.1 Å². The minimum Gasteiger partial charge on any atom is -0.369 e. The maximum Gasteiger partial charge on any atom is 0.251 e. The van der Waals surface area contributed by atoms with Gasteiger partial charge in [0.05, 0.1) is 0 Å². The van der Waals surface area contributed by atoms with E-state index in [2.05, 4.69) is 67.0 Å². The van der Waals surface area contributed by atoms with Gasteiger partial charge in [0, 0.05) is 66.6 Å². The van der Waals surface area contributed by atoms with E-state index in [1.54, 1.807) is 12.3 Å². The van der Waals surface area contributed by atoms with Gasteiger partial charge in [-0.3, -0.25) is 4.79 Å². The molecule has 1 fully saturated rings. The van der Waals surface area contributed by atoms with Gasteiger partial charge in [-0.1, -0.05) is 6.07 Å². The average molecular weight is 460 g/mol. The van der Waals surface area contributed by atoms with E-state index in [4.69, 9.17) is 0 Å². The van der Waals surface area contributed by atoms with Crippen molar-refractivity contribution < 1.29 is 4.79 Å². The molecule has 0 atom stereocenters. The number of hydrogen-bond acceptors (Lipinski definition) is 7. The highest BCUT2D eigenvalue weighted by Gasteiger charge is 2.14. The third-order valence-electron chi connectivity index (χ3n) is 5.77. The number of carbonyl (C=O) groups is 1. The lowest BCUT2D eigenvalue weighted by molar-refractivity contribution is 0.0943. The molecule has 3 N–H and O–H groups in total. The Hall–Kier alpha value is -3.65. The number of benzene rings is 2. The first-order chi connectivity index (χ1) is 16.4. The number of carbonyl (C=O) groups excluding carboxylic acids is 1. The molecule has 1 amide bonds. The van der Waals surface area contributed by atoms with Gasteiger partial charge >= 0.3 is 0 Å². The molecule has 1 saturated heterocycles. The number of hydrogen-bond donors (Lipinski definition) is 3. The van der Waals surface area contributed by atoms with Gasteiger partial charge in [0.15, 0.2) is 0 Å². The lowest BCUT2D eigenvalue weighted by Gasteiger charge is -2.34. The van der Waals surface area contributed by atoms with Crippen LogP contribution in [0.3, 0.4) is 0 Å². The van der Waals surface area contributed by atoms with Crippen LogP contribution in [0.4, 0.5) is 28.8 Å². The molecule has 0 bridgehead atoms. The van der Waals surface area contributed by atoms with Crippen LogP contribution in [0, 0.1) is 6.92 Å². The molecule has 2 heterocycles. The largest absolute Gasteiger partial charge is 0.369 e. The highest BCUT2D eigenvalue weighted by molar-refractivity contribution is 5.95. The zero-order valence-corrected chi connectivity index (χ0v) is 20.3. The van der Waals surface area contributed by atoms with Crippen molar-refractivity contribution in [3.8, 4) is 0 Å². The number of amides is 1. The highest BCUT2D eigenvalue weighted by atomic mass is 16.1. The number of aromatic nitrogens is 2. The van der Waals surface area contributed by atoms with Crippen LogP contribution in [0.25, 0.3) is 0 Å². The summed E-state index contributed by atoms with van der Waals surface area (Å²) in [5, 5.41) is 9.53. The number of likely N-dealkylation sites (N-methyl/N-ethyl adjacent to an activating group) is 1. The summed E-state index contributed by atoms with van der Waals surface area (Å²) in [6.07, 6.45) is 1.78. The molecule has 1 aromatic heterocycles. The Bertz CT molecular complexity index is 1120. The Kier molecular flexibility index (Phi) is 7.27. The third kappa shape index (κ3) is 6.02. The molecule has 0 spiro atoms. The SMILES string of the molecule is Cc1cnc(Nc2ccc(N3CCN(C)CC3)cc2)nc1Nc1cccc(C(=O)NC(C)C)c1. The standard InChI is InChI=1S/C26H33N7O/c1-18(2)28-25(34)20-6-5-7-22(16-20)29-24-19(3)17-27-26(31-24)30-21-8-10-23(11-9-21)33-14-12-32(4)13-15-33/h5-11,16-18H,12-15H2,1-4H3,(H,28,34)(H2,27,29,30,31). The summed E-state index contributed by atoms with van der Waals surface area (Å²) in [6.45, 7) is 10.1. The van der Waals surface area contributed by atoms with Crippen molar-refractivity contribution in [2.75, 3.05) is 48.8 Å². The summed E-state index contributed by atoms with van der Waals surface area (Å²) in [6, 6.07) is 15.9. The van der Waals surface area contributed by atoms with Crippen LogP contribution in [-0.4, -0.2) is 60.0 Å². The molecular formula is C26H33N7O. The fourth-order valence-electron chi connectivity index (χ4n) is 3.80. The Balaban J connectivity index is 1.44. The van der Waals surface area contributed by atoms with E-state index >= 15 is 0 Å². The van der Waals surface area contributed by atoms with E-state index in [-0.39, 0.29) is 11.9 Å². The minimum absolute atomic E-state index is 0.0810. The molecule has 1 aliphatic heterocycles. The van der Waals surface area contributed by atoms with Crippen LogP contribution in [0.1, 0.15) is 29.8 Å². The number of nitrogens with one attached hydrogen (secondary N) is 3. The Morgan fingerprint density at radius 1 is 0.971 bits per heavy atom. The van der Waals surface area contributed by atoms with Crippen molar-refractivity contribution in [3.05, 3.63) is 65.9 Å². The van der Waals surface area contributed by atoms with Gasteiger partial charge in [-0.25, -0.2) is 4.98 Å². The van der Waals surface area contributed by atoms with Crippen LogP contribution < -0.4 is 20.9 Å². The zero-order valence-electron chi connectivity index (χ0n) is 20.3. The summed E-state index contributed by atoms with van der Waals surface area (Å²) in [5.41, 5.74) is 4.46. The third-order valence-corrected chi connectivity index (χ3v) is 5.77. The van der Waals surface area contributed by atoms with E-state index in [9.17, 15) is 4.79 Å². The second-order valence-electron chi connectivity index (χ2n) is 9.02. The van der Waals surface area contributed by atoms with Crippen LogP contribution in [0.5, 0.6) is 0 Å². The van der Waals surface area contributed by atoms with Crippen molar-refractivity contribution in [2.24, 2.45) is 0 Å². The lowest BCUT2D eigenvalue weighted by atomic mass is 10.1. The molecule has 0 saturated carbocycles. The monoisotopic (exact) mass is 459 g/mol. The van der Waals surface area contributed by atoms with E-state index in [1.807, 2.05) is 39.0 Å². The predicted octanol–water partition coefficient (Wildman–Crippen LogP) is 4.16. The van der Waals surface area contributed by atoms with Gasteiger partial charge in [-0.15, -0.1) is 0 Å². The second kappa shape index (κ2) is 10.5. The summed E-state index contributed by atoms with van der Waals surface area (Å²) < 4.78 is 0. The fourth-order valence-corrected chi connectivity index (χ4v) is 3.80. The molecule has 4 rings (SSSR count). The van der Waals surface area contributed by atoms with Gasteiger partial charge in [0.1, 0.15) is 5.82 Å². The smallest absolute Gasteiger partial charge is 0.251 e. The average Bonchev–Trinajstić information content (AvgIpc) is 2.82. The Labute approximate surface area is 201 Å². The second-order valence-corrected chi connectivity index (χ2v) is 9.02. The van der Waals surface area contributed by atoms with Crippen LogP contribution >= 0.6 is 0 Å².